The maximum absolute atomic E-state index is 13.4. The molecule has 2 aliphatic rings. The summed E-state index contributed by atoms with van der Waals surface area (Å²) in [6.45, 7) is 2.62. The predicted molar refractivity (Wildman–Crippen MR) is 75.2 cm³/mol. The second kappa shape index (κ2) is 5.34. The summed E-state index contributed by atoms with van der Waals surface area (Å²) in [5.74, 6) is 0.302. The number of benzene rings is 1. The van der Waals surface area contributed by atoms with E-state index < -0.39 is 0 Å². The summed E-state index contributed by atoms with van der Waals surface area (Å²) in [5, 5.41) is 0. The van der Waals surface area contributed by atoms with E-state index in [9.17, 15) is 4.39 Å². The van der Waals surface area contributed by atoms with E-state index in [1.165, 1.54) is 18.6 Å². The molecule has 4 heteroatoms. The molecule has 1 aromatic rings. The second-order valence-corrected chi connectivity index (χ2v) is 6.09. The first kappa shape index (κ1) is 13.8. The third kappa shape index (κ3) is 2.67. The summed E-state index contributed by atoms with van der Waals surface area (Å²) >= 11 is 0. The highest BCUT2D eigenvalue weighted by Crippen LogP contribution is 2.43. The highest BCUT2D eigenvalue weighted by atomic mass is 19.1. The van der Waals surface area contributed by atoms with Crippen LogP contribution in [0.1, 0.15) is 50.6 Å². The maximum atomic E-state index is 13.4. The molecule has 0 bridgehead atoms. The first-order valence-corrected chi connectivity index (χ1v) is 7.44. The molecule has 20 heavy (non-hydrogen) atoms. The Kier molecular flexibility index (Phi) is 3.69. The molecule has 0 aromatic heterocycles. The van der Waals surface area contributed by atoms with E-state index in [1.807, 2.05) is 6.92 Å². The van der Waals surface area contributed by atoms with Gasteiger partial charge in [-0.1, -0.05) is 6.07 Å². The van der Waals surface area contributed by atoms with Crippen molar-refractivity contribution in [3.63, 3.8) is 0 Å². The van der Waals surface area contributed by atoms with Crippen LogP contribution in [0.3, 0.4) is 0 Å². The van der Waals surface area contributed by atoms with Crippen molar-refractivity contribution < 1.29 is 13.9 Å². The molecule has 1 aromatic carbocycles. The van der Waals surface area contributed by atoms with Crippen LogP contribution in [-0.2, 0) is 4.74 Å². The average Bonchev–Trinajstić information content (AvgIpc) is 2.37. The minimum atomic E-state index is -0.283. The van der Waals surface area contributed by atoms with Crippen molar-refractivity contribution in [3.05, 3.63) is 29.6 Å². The molecule has 0 amide bonds. The van der Waals surface area contributed by atoms with Gasteiger partial charge >= 0.3 is 0 Å². The van der Waals surface area contributed by atoms with Gasteiger partial charge in [0.25, 0.3) is 0 Å². The number of rotatable bonds is 3. The molecule has 1 unspecified atom stereocenters. The van der Waals surface area contributed by atoms with Crippen LogP contribution >= 0.6 is 0 Å². The lowest BCUT2D eigenvalue weighted by atomic mass is 9.74. The largest absolute Gasteiger partial charge is 0.490 e. The van der Waals surface area contributed by atoms with Crippen LogP contribution in [-0.4, -0.2) is 18.3 Å². The Hall–Kier alpha value is -1.13. The molecule has 1 spiro atoms. The zero-order chi connectivity index (χ0) is 14.2. The van der Waals surface area contributed by atoms with E-state index in [-0.39, 0.29) is 23.6 Å². The molecule has 1 heterocycles. The molecule has 1 aliphatic carbocycles. The smallest absolute Gasteiger partial charge is 0.127 e. The van der Waals surface area contributed by atoms with Gasteiger partial charge in [0.2, 0.25) is 0 Å². The van der Waals surface area contributed by atoms with Gasteiger partial charge in [-0.3, -0.25) is 0 Å². The second-order valence-electron chi connectivity index (χ2n) is 6.09. The fourth-order valence-corrected chi connectivity index (χ4v) is 3.17. The Morgan fingerprint density at radius 3 is 2.90 bits per heavy atom. The first-order chi connectivity index (χ1) is 9.58. The highest BCUT2D eigenvalue weighted by Gasteiger charge is 2.43. The molecule has 1 aliphatic heterocycles. The van der Waals surface area contributed by atoms with Crippen LogP contribution in [0.5, 0.6) is 5.75 Å². The molecular formula is C16H22FNO2. The molecule has 2 atom stereocenters. The van der Waals surface area contributed by atoms with E-state index in [0.717, 1.165) is 37.9 Å². The van der Waals surface area contributed by atoms with Crippen LogP contribution in [0, 0.1) is 5.82 Å². The van der Waals surface area contributed by atoms with E-state index >= 15 is 0 Å². The van der Waals surface area contributed by atoms with Crippen molar-refractivity contribution in [2.45, 2.75) is 56.8 Å². The number of hydrogen-bond acceptors (Lipinski definition) is 3. The topological polar surface area (TPSA) is 44.5 Å². The quantitative estimate of drug-likeness (QED) is 0.923. The average molecular weight is 279 g/mol. The number of ether oxygens (including phenoxy) is 2. The summed E-state index contributed by atoms with van der Waals surface area (Å²) in [4.78, 5) is 0. The molecule has 110 valence electrons. The van der Waals surface area contributed by atoms with E-state index in [2.05, 4.69) is 0 Å². The summed E-state index contributed by atoms with van der Waals surface area (Å²) in [6.07, 6.45) is 5.34. The van der Waals surface area contributed by atoms with Gasteiger partial charge in [-0.05, 0) is 32.3 Å². The van der Waals surface area contributed by atoms with Crippen molar-refractivity contribution in [2.24, 2.45) is 5.73 Å². The maximum Gasteiger partial charge on any atom is 0.127 e. The van der Waals surface area contributed by atoms with E-state index in [0.29, 0.717) is 5.75 Å². The minimum absolute atomic E-state index is 0.0325. The van der Waals surface area contributed by atoms with Crippen LogP contribution in [0.4, 0.5) is 4.39 Å². The lowest BCUT2D eigenvalue weighted by molar-refractivity contribution is -0.153. The van der Waals surface area contributed by atoms with Crippen LogP contribution in [0.2, 0.25) is 0 Å². The van der Waals surface area contributed by atoms with Gasteiger partial charge in [0, 0.05) is 30.5 Å². The summed E-state index contributed by atoms with van der Waals surface area (Å²) < 4.78 is 25.4. The Labute approximate surface area is 119 Å². The predicted octanol–water partition coefficient (Wildman–Crippen LogP) is 3.33. The minimum Gasteiger partial charge on any atom is -0.490 e. The molecule has 3 nitrogen and oxygen atoms in total. The molecule has 0 radical (unpaired) electrons. The normalized spacial score (nSPS) is 26.1. The highest BCUT2D eigenvalue weighted by molar-refractivity contribution is 5.36. The van der Waals surface area contributed by atoms with Gasteiger partial charge in [-0.25, -0.2) is 4.39 Å². The zero-order valence-corrected chi connectivity index (χ0v) is 11.9. The first-order valence-electron chi connectivity index (χ1n) is 7.44. The van der Waals surface area contributed by atoms with Crippen LogP contribution in [0.25, 0.3) is 0 Å². The summed E-state index contributed by atoms with van der Waals surface area (Å²) in [6, 6.07) is 4.43. The van der Waals surface area contributed by atoms with Crippen molar-refractivity contribution in [1.29, 1.82) is 0 Å². The van der Waals surface area contributed by atoms with Gasteiger partial charge in [0.1, 0.15) is 17.7 Å². The van der Waals surface area contributed by atoms with Gasteiger partial charge in [-0.15, -0.1) is 0 Å². The summed E-state index contributed by atoms with van der Waals surface area (Å²) in [5.41, 5.74) is 6.83. The van der Waals surface area contributed by atoms with Crippen molar-refractivity contribution in [1.82, 2.24) is 0 Å². The standard InChI is InChI=1S/C16H22FNO2/c1-11(18)14-4-3-12(17)9-15(14)20-13-5-8-19-16(10-13)6-2-7-16/h3-4,9,11,13H,2,5-8,10,18H2,1H3/t11-,13?/m0/s1. The van der Waals surface area contributed by atoms with Crippen molar-refractivity contribution >= 4 is 0 Å². The number of hydrogen-bond donors (Lipinski definition) is 1. The summed E-state index contributed by atoms with van der Waals surface area (Å²) in [7, 11) is 0. The van der Waals surface area contributed by atoms with Gasteiger partial charge in [-0.2, -0.15) is 0 Å². The Morgan fingerprint density at radius 1 is 1.45 bits per heavy atom. The van der Waals surface area contributed by atoms with Gasteiger partial charge in [0.05, 0.1) is 12.2 Å². The lowest BCUT2D eigenvalue weighted by Crippen LogP contribution is -2.48. The number of halogens is 1. The third-order valence-electron chi connectivity index (χ3n) is 4.47. The Bertz CT molecular complexity index is 485. The Balaban J connectivity index is 1.75. The third-order valence-corrected chi connectivity index (χ3v) is 4.47. The molecule has 1 saturated carbocycles. The Morgan fingerprint density at radius 2 is 2.25 bits per heavy atom. The van der Waals surface area contributed by atoms with Gasteiger partial charge in [0.15, 0.2) is 0 Å². The van der Waals surface area contributed by atoms with Crippen molar-refractivity contribution in [3.8, 4) is 5.75 Å². The SMILES string of the molecule is C[C@H](N)c1ccc(F)cc1OC1CCOC2(CCC2)C1. The van der Waals surface area contributed by atoms with Gasteiger partial charge < -0.3 is 15.2 Å². The monoisotopic (exact) mass is 279 g/mol. The number of nitrogens with two attached hydrogens (primary N) is 1. The fraction of sp³-hybridized carbons (Fsp3) is 0.625. The molecule has 3 rings (SSSR count). The molecule has 2 N–H and O–H groups in total. The molecular weight excluding hydrogens is 257 g/mol. The molecule has 2 fully saturated rings. The van der Waals surface area contributed by atoms with Crippen LogP contribution < -0.4 is 10.5 Å². The fourth-order valence-electron chi connectivity index (χ4n) is 3.17. The zero-order valence-electron chi connectivity index (χ0n) is 11.9. The van der Waals surface area contributed by atoms with E-state index in [1.54, 1.807) is 6.07 Å². The molecule has 1 saturated heterocycles. The van der Waals surface area contributed by atoms with E-state index in [4.69, 9.17) is 15.2 Å². The van der Waals surface area contributed by atoms with Crippen LogP contribution in [0.15, 0.2) is 18.2 Å². The van der Waals surface area contributed by atoms with Crippen molar-refractivity contribution in [2.75, 3.05) is 6.61 Å². The lowest BCUT2D eigenvalue weighted by Gasteiger charge is -2.47.